The fraction of sp³-hybridized carbons (Fsp3) is 1.00. The van der Waals surface area contributed by atoms with Gasteiger partial charge in [-0.05, 0) is 38.5 Å². The van der Waals surface area contributed by atoms with Crippen molar-refractivity contribution in [1.29, 1.82) is 0 Å². The largest absolute Gasteiger partial charge is 0.395 e. The molecule has 0 aromatic rings. The predicted molar refractivity (Wildman–Crippen MR) is 73.8 cm³/mol. The molecule has 0 heterocycles. The highest BCUT2D eigenvalue weighted by atomic mass is 16.3. The second-order valence-electron chi connectivity index (χ2n) is 5.14. The van der Waals surface area contributed by atoms with Crippen molar-refractivity contribution in [3.63, 3.8) is 0 Å². The molecule has 0 amide bonds. The molecule has 110 valence electrons. The Hall–Kier alpha value is -0.240. The van der Waals surface area contributed by atoms with Crippen LogP contribution in [0, 0.1) is 0 Å². The first-order valence-electron chi connectivity index (χ1n) is 6.73. The highest BCUT2D eigenvalue weighted by Gasteiger charge is 2.10. The van der Waals surface area contributed by atoms with Crippen LogP contribution in [0.1, 0.15) is 38.5 Å². The average molecular weight is 262 g/mol. The molecule has 0 rings (SSSR count). The van der Waals surface area contributed by atoms with Crippen LogP contribution >= 0.6 is 0 Å². The van der Waals surface area contributed by atoms with Crippen molar-refractivity contribution in [2.45, 2.75) is 62.7 Å². The van der Waals surface area contributed by atoms with Gasteiger partial charge >= 0.3 is 0 Å². The summed E-state index contributed by atoms with van der Waals surface area (Å²) in [4.78, 5) is 0. The van der Waals surface area contributed by atoms with E-state index in [1.165, 1.54) is 0 Å². The summed E-state index contributed by atoms with van der Waals surface area (Å²) < 4.78 is 0. The van der Waals surface area contributed by atoms with E-state index in [0.29, 0.717) is 0 Å². The minimum atomic E-state index is -0.174. The molecule has 0 radical (unpaired) electrons. The molecular formula is C12H30N4O2. The zero-order valence-corrected chi connectivity index (χ0v) is 11.2. The first kappa shape index (κ1) is 17.8. The number of rotatable bonds is 11. The Balaban J connectivity index is 3.55. The van der Waals surface area contributed by atoms with Crippen LogP contribution in [-0.2, 0) is 0 Å². The smallest absolute Gasteiger partial charge is 0.0582 e. The molecule has 18 heavy (non-hydrogen) atoms. The van der Waals surface area contributed by atoms with Gasteiger partial charge in [0, 0.05) is 24.2 Å². The van der Waals surface area contributed by atoms with Crippen LogP contribution < -0.4 is 22.9 Å². The van der Waals surface area contributed by atoms with Crippen molar-refractivity contribution in [2.24, 2.45) is 22.9 Å². The predicted octanol–water partition coefficient (Wildman–Crippen LogP) is -1.38. The van der Waals surface area contributed by atoms with E-state index in [1.807, 2.05) is 0 Å². The Morgan fingerprint density at radius 1 is 0.500 bits per heavy atom. The summed E-state index contributed by atoms with van der Waals surface area (Å²) in [6, 6.07) is -0.181. The van der Waals surface area contributed by atoms with E-state index in [1.54, 1.807) is 0 Å². The van der Waals surface area contributed by atoms with Crippen LogP contribution in [0.25, 0.3) is 0 Å². The maximum atomic E-state index is 8.79. The van der Waals surface area contributed by atoms with Crippen molar-refractivity contribution in [1.82, 2.24) is 0 Å². The molecule has 0 bridgehead atoms. The summed E-state index contributed by atoms with van der Waals surface area (Å²) in [5.74, 6) is 0. The molecule has 0 fully saturated rings. The van der Waals surface area contributed by atoms with Gasteiger partial charge < -0.3 is 33.1 Å². The van der Waals surface area contributed by atoms with Gasteiger partial charge in [0.15, 0.2) is 0 Å². The average Bonchev–Trinajstić information content (AvgIpc) is 2.39. The van der Waals surface area contributed by atoms with Gasteiger partial charge in [-0.25, -0.2) is 0 Å². The lowest BCUT2D eigenvalue weighted by Crippen LogP contribution is -2.31. The van der Waals surface area contributed by atoms with Crippen LogP contribution in [0.4, 0.5) is 0 Å². The zero-order valence-electron chi connectivity index (χ0n) is 11.2. The molecule has 0 aliphatic rings. The van der Waals surface area contributed by atoms with Gasteiger partial charge in [-0.2, -0.15) is 0 Å². The van der Waals surface area contributed by atoms with Crippen molar-refractivity contribution >= 4 is 0 Å². The molecule has 0 spiro atoms. The van der Waals surface area contributed by atoms with Crippen LogP contribution in [0.15, 0.2) is 0 Å². The number of hydrogen-bond donors (Lipinski definition) is 6. The summed E-state index contributed by atoms with van der Waals surface area (Å²) in [5.41, 5.74) is 23.1. The fourth-order valence-electron chi connectivity index (χ4n) is 1.76. The summed E-state index contributed by atoms with van der Waals surface area (Å²) in [5, 5.41) is 17.6. The van der Waals surface area contributed by atoms with Crippen LogP contribution in [-0.4, -0.2) is 47.6 Å². The maximum Gasteiger partial charge on any atom is 0.0582 e. The van der Waals surface area contributed by atoms with E-state index >= 15 is 0 Å². The topological polar surface area (TPSA) is 145 Å². The van der Waals surface area contributed by atoms with Crippen LogP contribution in [0.3, 0.4) is 0 Å². The number of hydrogen-bond acceptors (Lipinski definition) is 6. The van der Waals surface area contributed by atoms with Gasteiger partial charge in [0.05, 0.1) is 13.2 Å². The van der Waals surface area contributed by atoms with Crippen molar-refractivity contribution in [2.75, 3.05) is 13.2 Å². The zero-order chi connectivity index (χ0) is 14.0. The van der Waals surface area contributed by atoms with Crippen LogP contribution in [0.2, 0.25) is 0 Å². The molecule has 0 aliphatic carbocycles. The lowest BCUT2D eigenvalue weighted by molar-refractivity contribution is 0.253. The van der Waals surface area contributed by atoms with Gasteiger partial charge in [0.2, 0.25) is 0 Å². The van der Waals surface area contributed by atoms with E-state index < -0.39 is 0 Å². The van der Waals surface area contributed by atoms with E-state index in [4.69, 9.17) is 33.1 Å². The summed E-state index contributed by atoms with van der Waals surface area (Å²) in [6.07, 6.45) is 4.81. The minimum Gasteiger partial charge on any atom is -0.395 e. The first-order chi connectivity index (χ1) is 8.49. The van der Waals surface area contributed by atoms with Gasteiger partial charge in [0.25, 0.3) is 0 Å². The van der Waals surface area contributed by atoms with Crippen molar-refractivity contribution in [3.05, 3.63) is 0 Å². The number of aliphatic hydroxyl groups excluding tert-OH is 2. The Morgan fingerprint density at radius 3 is 0.944 bits per heavy atom. The second kappa shape index (κ2) is 10.7. The van der Waals surface area contributed by atoms with Crippen molar-refractivity contribution in [3.8, 4) is 0 Å². The molecule has 6 heteroatoms. The molecule has 0 saturated heterocycles. The molecule has 0 aromatic carbocycles. The third-order valence-corrected chi connectivity index (χ3v) is 3.19. The standard InChI is InChI=1S/C12H30N4O2/c13-9(3-5-11(15)7-17)1-2-10(14)4-6-12(16)8-18/h9-12,17-18H,1-8,13-16H2. The number of nitrogens with two attached hydrogens (primary N) is 4. The molecular weight excluding hydrogens is 232 g/mol. The van der Waals surface area contributed by atoms with E-state index in [9.17, 15) is 0 Å². The second-order valence-corrected chi connectivity index (χ2v) is 5.14. The third kappa shape index (κ3) is 9.76. The molecule has 10 N–H and O–H groups in total. The van der Waals surface area contributed by atoms with E-state index in [2.05, 4.69) is 0 Å². The van der Waals surface area contributed by atoms with Crippen molar-refractivity contribution < 1.29 is 10.2 Å². The quantitative estimate of drug-likeness (QED) is 0.271. The third-order valence-electron chi connectivity index (χ3n) is 3.19. The monoisotopic (exact) mass is 262 g/mol. The highest BCUT2D eigenvalue weighted by Crippen LogP contribution is 2.09. The van der Waals surface area contributed by atoms with Gasteiger partial charge in [0.1, 0.15) is 0 Å². The molecule has 0 aliphatic heterocycles. The summed E-state index contributed by atoms with van der Waals surface area (Å²) in [7, 11) is 0. The van der Waals surface area contributed by atoms with Crippen LogP contribution in [0.5, 0.6) is 0 Å². The molecule has 0 aromatic heterocycles. The normalized spacial score (nSPS) is 18.3. The Morgan fingerprint density at radius 2 is 0.722 bits per heavy atom. The molecule has 6 nitrogen and oxygen atoms in total. The maximum absolute atomic E-state index is 8.79. The molecule has 4 atom stereocenters. The van der Waals surface area contributed by atoms with E-state index in [0.717, 1.165) is 38.5 Å². The Bertz CT molecular complexity index is 175. The Labute approximate surface area is 110 Å². The lowest BCUT2D eigenvalue weighted by atomic mass is 9.98. The summed E-state index contributed by atoms with van der Waals surface area (Å²) in [6.45, 7) is 0.0105. The van der Waals surface area contributed by atoms with Gasteiger partial charge in [-0.3, -0.25) is 0 Å². The molecule has 0 saturated carbocycles. The molecule has 4 unspecified atom stereocenters. The number of aliphatic hydroxyl groups is 2. The lowest BCUT2D eigenvalue weighted by Gasteiger charge is -2.18. The SMILES string of the molecule is NC(CO)CCC(N)CCC(N)CCC(N)CO. The van der Waals surface area contributed by atoms with Gasteiger partial charge in [-0.1, -0.05) is 0 Å². The summed E-state index contributed by atoms with van der Waals surface area (Å²) >= 11 is 0. The van der Waals surface area contributed by atoms with Gasteiger partial charge in [-0.15, -0.1) is 0 Å². The fourth-order valence-corrected chi connectivity index (χ4v) is 1.76. The highest BCUT2D eigenvalue weighted by molar-refractivity contribution is 4.72. The Kier molecular flexibility index (Phi) is 10.5. The minimum absolute atomic E-state index is 0.00524. The van der Waals surface area contributed by atoms with E-state index in [-0.39, 0.29) is 37.4 Å². The first-order valence-corrected chi connectivity index (χ1v) is 6.73.